The molecule has 1 aliphatic carbocycles. The zero-order valence-electron chi connectivity index (χ0n) is 12.8. The van der Waals surface area contributed by atoms with E-state index in [2.05, 4.69) is 18.2 Å². The maximum absolute atomic E-state index is 11.4. The maximum Gasteiger partial charge on any atom is 0.335 e. The van der Waals surface area contributed by atoms with Crippen LogP contribution in [0.25, 0.3) is 0 Å². The fourth-order valence-corrected chi connectivity index (χ4v) is 2.22. The lowest BCUT2D eigenvalue weighted by atomic mass is 10.1. The zero-order chi connectivity index (χ0) is 15.8. The summed E-state index contributed by atoms with van der Waals surface area (Å²) >= 11 is 0. The van der Waals surface area contributed by atoms with Gasteiger partial charge in [-0.15, -0.1) is 0 Å². The summed E-state index contributed by atoms with van der Waals surface area (Å²) in [5, 5.41) is 9.73. The second-order valence-electron chi connectivity index (χ2n) is 5.20. The number of rotatable bonds is 7. The number of carbonyl (C=O) groups excluding carboxylic acids is 1. The highest BCUT2D eigenvalue weighted by atomic mass is 16.5. The lowest BCUT2D eigenvalue weighted by Gasteiger charge is -2.12. The smallest absolute Gasteiger partial charge is 0.335 e. The summed E-state index contributed by atoms with van der Waals surface area (Å²) in [6.07, 6.45) is 7.53. The third kappa shape index (κ3) is 5.04. The first-order chi connectivity index (χ1) is 10.7. The Morgan fingerprint density at radius 1 is 1.32 bits per heavy atom. The Morgan fingerprint density at radius 3 is 2.73 bits per heavy atom. The quantitative estimate of drug-likeness (QED) is 0.787. The molecule has 2 rings (SSSR count). The summed E-state index contributed by atoms with van der Waals surface area (Å²) in [5.74, 6) is 0.199. The molecule has 0 heterocycles. The molecule has 1 aromatic carbocycles. The number of carbonyl (C=O) groups is 1. The van der Waals surface area contributed by atoms with E-state index in [1.807, 2.05) is 24.3 Å². The van der Waals surface area contributed by atoms with E-state index in [9.17, 15) is 9.90 Å². The third-order valence-electron chi connectivity index (χ3n) is 3.44. The van der Waals surface area contributed by atoms with Gasteiger partial charge in [0.25, 0.3) is 0 Å². The van der Waals surface area contributed by atoms with E-state index < -0.39 is 12.1 Å². The van der Waals surface area contributed by atoms with Crippen LogP contribution in [-0.4, -0.2) is 30.4 Å². The van der Waals surface area contributed by atoms with E-state index in [4.69, 9.17) is 9.47 Å². The molecule has 0 radical (unpaired) electrons. The fraction of sp³-hybridized carbons (Fsp3) is 0.389. The molecule has 22 heavy (non-hydrogen) atoms. The fourth-order valence-electron chi connectivity index (χ4n) is 2.22. The number of aliphatic hydroxyl groups is 1. The SMILES string of the molecule is CCOC(=O)C(O)Cc1ccc(OCC2=CC=CCC2)cc1. The summed E-state index contributed by atoms with van der Waals surface area (Å²) in [6.45, 7) is 2.58. The van der Waals surface area contributed by atoms with Crippen LogP contribution < -0.4 is 4.74 Å². The van der Waals surface area contributed by atoms with Crippen LogP contribution in [0.3, 0.4) is 0 Å². The average molecular weight is 302 g/mol. The second kappa shape index (κ2) is 8.39. The highest BCUT2D eigenvalue weighted by molar-refractivity contribution is 5.74. The van der Waals surface area contributed by atoms with Crippen molar-refractivity contribution in [1.82, 2.24) is 0 Å². The minimum atomic E-state index is -1.12. The molecule has 4 nitrogen and oxygen atoms in total. The van der Waals surface area contributed by atoms with Crippen LogP contribution in [0.4, 0.5) is 0 Å². The van der Waals surface area contributed by atoms with Gasteiger partial charge in [-0.1, -0.05) is 30.4 Å². The molecule has 0 spiro atoms. The summed E-state index contributed by atoms with van der Waals surface area (Å²) in [7, 11) is 0. The van der Waals surface area contributed by atoms with E-state index in [0.29, 0.717) is 6.61 Å². The van der Waals surface area contributed by atoms with Crippen molar-refractivity contribution in [2.24, 2.45) is 0 Å². The van der Waals surface area contributed by atoms with Crippen molar-refractivity contribution in [2.75, 3.05) is 13.2 Å². The molecule has 1 atom stereocenters. The molecule has 1 aliphatic rings. The molecule has 0 fully saturated rings. The van der Waals surface area contributed by atoms with Gasteiger partial charge in [-0.3, -0.25) is 0 Å². The van der Waals surface area contributed by atoms with Gasteiger partial charge < -0.3 is 14.6 Å². The number of hydrogen-bond donors (Lipinski definition) is 1. The van der Waals surface area contributed by atoms with Crippen molar-refractivity contribution in [1.29, 1.82) is 0 Å². The second-order valence-corrected chi connectivity index (χ2v) is 5.20. The lowest BCUT2D eigenvalue weighted by molar-refractivity contribution is -0.152. The Labute approximate surface area is 131 Å². The van der Waals surface area contributed by atoms with Crippen LogP contribution in [0.5, 0.6) is 5.75 Å². The molecule has 0 bridgehead atoms. The van der Waals surface area contributed by atoms with Crippen LogP contribution in [0.2, 0.25) is 0 Å². The van der Waals surface area contributed by atoms with Crippen LogP contribution in [0, 0.1) is 0 Å². The lowest BCUT2D eigenvalue weighted by Crippen LogP contribution is -2.25. The molecule has 0 saturated heterocycles. The molecule has 1 aromatic rings. The minimum absolute atomic E-state index is 0.245. The largest absolute Gasteiger partial charge is 0.489 e. The van der Waals surface area contributed by atoms with Gasteiger partial charge in [0.05, 0.1) is 6.61 Å². The first kappa shape index (κ1) is 16.3. The molecule has 0 aliphatic heterocycles. The van der Waals surface area contributed by atoms with E-state index in [1.165, 1.54) is 5.57 Å². The summed E-state index contributed by atoms with van der Waals surface area (Å²) in [5.41, 5.74) is 2.15. The Hall–Kier alpha value is -2.07. The molecular weight excluding hydrogens is 280 g/mol. The van der Waals surface area contributed by atoms with Crippen molar-refractivity contribution in [3.05, 3.63) is 53.6 Å². The molecule has 1 N–H and O–H groups in total. The molecule has 4 heteroatoms. The number of benzene rings is 1. The number of ether oxygens (including phenoxy) is 2. The van der Waals surface area contributed by atoms with Gasteiger partial charge in [0.2, 0.25) is 0 Å². The van der Waals surface area contributed by atoms with E-state index >= 15 is 0 Å². The zero-order valence-corrected chi connectivity index (χ0v) is 12.8. The number of aliphatic hydroxyl groups excluding tert-OH is 1. The number of hydrogen-bond acceptors (Lipinski definition) is 4. The standard InChI is InChI=1S/C18H22O4/c1-2-21-18(20)17(19)12-14-8-10-16(11-9-14)22-13-15-6-4-3-5-7-15/h3-4,6,8-11,17,19H,2,5,7,12-13H2,1H3. The Morgan fingerprint density at radius 2 is 2.09 bits per heavy atom. The molecule has 118 valence electrons. The van der Waals surface area contributed by atoms with Crippen LogP contribution in [-0.2, 0) is 16.0 Å². The van der Waals surface area contributed by atoms with E-state index in [-0.39, 0.29) is 13.0 Å². The van der Waals surface area contributed by atoms with Crippen molar-refractivity contribution < 1.29 is 19.4 Å². The van der Waals surface area contributed by atoms with Crippen molar-refractivity contribution in [3.8, 4) is 5.75 Å². The van der Waals surface area contributed by atoms with Gasteiger partial charge >= 0.3 is 5.97 Å². The van der Waals surface area contributed by atoms with Crippen LogP contribution >= 0.6 is 0 Å². The normalized spacial score (nSPS) is 15.1. The van der Waals surface area contributed by atoms with E-state index in [0.717, 1.165) is 24.2 Å². The Kier molecular flexibility index (Phi) is 6.22. The summed E-state index contributed by atoms with van der Waals surface area (Å²) < 4.78 is 10.5. The Bertz CT molecular complexity index is 543. The van der Waals surface area contributed by atoms with Crippen molar-refractivity contribution >= 4 is 5.97 Å². The number of allylic oxidation sites excluding steroid dienone is 3. The van der Waals surface area contributed by atoms with Gasteiger partial charge in [-0.05, 0) is 43.0 Å². The monoisotopic (exact) mass is 302 g/mol. The molecule has 0 amide bonds. The predicted octanol–water partition coefficient (Wildman–Crippen LogP) is 2.81. The molecule has 1 unspecified atom stereocenters. The molecular formula is C18H22O4. The topological polar surface area (TPSA) is 55.8 Å². The van der Waals surface area contributed by atoms with E-state index in [1.54, 1.807) is 6.92 Å². The van der Waals surface area contributed by atoms with Gasteiger partial charge in [0.1, 0.15) is 12.4 Å². The summed E-state index contributed by atoms with van der Waals surface area (Å²) in [4.78, 5) is 11.4. The predicted molar refractivity (Wildman–Crippen MR) is 84.7 cm³/mol. The highest BCUT2D eigenvalue weighted by Gasteiger charge is 2.16. The van der Waals surface area contributed by atoms with Crippen molar-refractivity contribution in [2.45, 2.75) is 32.3 Å². The molecule has 0 aromatic heterocycles. The first-order valence-corrected chi connectivity index (χ1v) is 7.60. The number of esters is 1. The van der Waals surface area contributed by atoms with Gasteiger partial charge in [-0.2, -0.15) is 0 Å². The maximum atomic E-state index is 11.4. The first-order valence-electron chi connectivity index (χ1n) is 7.60. The molecule has 0 saturated carbocycles. The average Bonchev–Trinajstić information content (AvgIpc) is 2.55. The van der Waals surface area contributed by atoms with Gasteiger partial charge in [0, 0.05) is 6.42 Å². The van der Waals surface area contributed by atoms with Gasteiger partial charge in [0.15, 0.2) is 6.10 Å². The Balaban J connectivity index is 1.83. The third-order valence-corrected chi connectivity index (χ3v) is 3.44. The van der Waals surface area contributed by atoms with Crippen molar-refractivity contribution in [3.63, 3.8) is 0 Å². The minimum Gasteiger partial charge on any atom is -0.489 e. The highest BCUT2D eigenvalue weighted by Crippen LogP contribution is 2.17. The summed E-state index contributed by atoms with van der Waals surface area (Å²) in [6, 6.07) is 7.42. The van der Waals surface area contributed by atoms with Gasteiger partial charge in [-0.25, -0.2) is 4.79 Å². The van der Waals surface area contributed by atoms with Crippen LogP contribution in [0.15, 0.2) is 48.1 Å². The van der Waals surface area contributed by atoms with Crippen LogP contribution in [0.1, 0.15) is 25.3 Å².